The smallest absolute Gasteiger partial charge is 0.142 e. The van der Waals surface area contributed by atoms with E-state index in [9.17, 15) is 4.39 Å². The summed E-state index contributed by atoms with van der Waals surface area (Å²) < 4.78 is 13.2. The minimum absolute atomic E-state index is 0.0955. The van der Waals surface area contributed by atoms with Crippen LogP contribution in [0.4, 0.5) is 4.39 Å². The van der Waals surface area contributed by atoms with Crippen molar-refractivity contribution in [1.29, 1.82) is 0 Å². The van der Waals surface area contributed by atoms with Crippen LogP contribution in [0.3, 0.4) is 0 Å². The molecular formula is C10H9ClFN3. The average Bonchev–Trinajstić information content (AvgIpc) is 2.74. The van der Waals surface area contributed by atoms with Crippen molar-refractivity contribution in [2.45, 2.75) is 6.04 Å². The van der Waals surface area contributed by atoms with Crippen LogP contribution in [-0.4, -0.2) is 10.2 Å². The second-order valence-electron chi connectivity index (χ2n) is 3.18. The Morgan fingerprint density at radius 2 is 2.20 bits per heavy atom. The van der Waals surface area contributed by atoms with Gasteiger partial charge in [-0.2, -0.15) is 5.10 Å². The highest BCUT2D eigenvalue weighted by Gasteiger charge is 2.11. The number of nitrogens with zero attached hydrogens (tertiary/aromatic N) is 1. The van der Waals surface area contributed by atoms with E-state index in [1.807, 2.05) is 0 Å². The second-order valence-corrected chi connectivity index (χ2v) is 3.59. The van der Waals surface area contributed by atoms with E-state index >= 15 is 0 Å². The standard InChI is InChI=1S/C10H9ClFN3/c11-8-2-1-6(3-9(8)12)10(13)7-4-14-15-5-7/h1-5,10H,13H2,(H,14,15)/t10-/m1/s1. The molecule has 0 spiro atoms. The van der Waals surface area contributed by atoms with Crippen LogP contribution in [0.25, 0.3) is 0 Å². The Kier molecular flexibility index (Phi) is 2.70. The summed E-state index contributed by atoms with van der Waals surface area (Å²) in [5, 5.41) is 6.54. The van der Waals surface area contributed by atoms with Gasteiger partial charge >= 0.3 is 0 Å². The first-order chi connectivity index (χ1) is 7.18. The Labute approximate surface area is 91.1 Å². The summed E-state index contributed by atoms with van der Waals surface area (Å²) >= 11 is 5.58. The zero-order valence-corrected chi connectivity index (χ0v) is 8.50. The molecule has 1 heterocycles. The van der Waals surface area contributed by atoms with Crippen molar-refractivity contribution < 1.29 is 4.39 Å². The van der Waals surface area contributed by atoms with Gasteiger partial charge in [-0.25, -0.2) is 4.39 Å². The lowest BCUT2D eigenvalue weighted by molar-refractivity contribution is 0.624. The Balaban J connectivity index is 2.34. The number of nitrogens with one attached hydrogen (secondary N) is 1. The van der Waals surface area contributed by atoms with E-state index < -0.39 is 11.9 Å². The predicted octanol–water partition coefficient (Wildman–Crippen LogP) is 2.25. The number of hydrogen-bond donors (Lipinski definition) is 2. The Morgan fingerprint density at radius 1 is 1.40 bits per heavy atom. The number of aromatic nitrogens is 2. The van der Waals surface area contributed by atoms with E-state index in [-0.39, 0.29) is 5.02 Å². The van der Waals surface area contributed by atoms with Crippen molar-refractivity contribution in [1.82, 2.24) is 10.2 Å². The van der Waals surface area contributed by atoms with Crippen LogP contribution in [-0.2, 0) is 0 Å². The third-order valence-corrected chi connectivity index (χ3v) is 2.49. The van der Waals surface area contributed by atoms with Crippen LogP contribution in [0.15, 0.2) is 30.6 Å². The molecule has 0 saturated heterocycles. The monoisotopic (exact) mass is 225 g/mol. The number of benzene rings is 1. The van der Waals surface area contributed by atoms with Crippen LogP contribution >= 0.6 is 11.6 Å². The summed E-state index contributed by atoms with van der Waals surface area (Å²) in [5.74, 6) is -0.465. The Bertz CT molecular complexity index is 456. The molecule has 5 heteroatoms. The molecule has 1 aromatic heterocycles. The molecule has 0 amide bonds. The largest absolute Gasteiger partial charge is 0.320 e. The third kappa shape index (κ3) is 2.00. The van der Waals surface area contributed by atoms with Gasteiger partial charge in [-0.05, 0) is 17.7 Å². The molecule has 0 fully saturated rings. The van der Waals surface area contributed by atoms with Gasteiger partial charge in [0.1, 0.15) is 5.82 Å². The summed E-state index contributed by atoms with van der Waals surface area (Å²) in [6, 6.07) is 4.13. The molecule has 0 aliphatic rings. The number of rotatable bonds is 2. The van der Waals surface area contributed by atoms with Gasteiger partial charge in [0, 0.05) is 11.8 Å². The number of hydrogen-bond acceptors (Lipinski definition) is 2. The maximum Gasteiger partial charge on any atom is 0.142 e. The van der Waals surface area contributed by atoms with Gasteiger partial charge in [0.05, 0.1) is 17.3 Å². The first kappa shape index (κ1) is 10.1. The Hall–Kier alpha value is -1.39. The highest BCUT2D eigenvalue weighted by atomic mass is 35.5. The van der Waals surface area contributed by atoms with Crippen molar-refractivity contribution in [3.8, 4) is 0 Å². The van der Waals surface area contributed by atoms with Crippen LogP contribution < -0.4 is 5.73 Å². The zero-order valence-electron chi connectivity index (χ0n) is 7.74. The first-order valence-corrected chi connectivity index (χ1v) is 4.75. The van der Waals surface area contributed by atoms with Crippen molar-refractivity contribution >= 4 is 11.6 Å². The minimum atomic E-state index is -0.465. The molecule has 0 unspecified atom stereocenters. The molecule has 0 bridgehead atoms. The average molecular weight is 226 g/mol. The van der Waals surface area contributed by atoms with Crippen molar-refractivity contribution in [3.05, 3.63) is 52.6 Å². The van der Waals surface area contributed by atoms with Gasteiger partial charge in [0.2, 0.25) is 0 Å². The van der Waals surface area contributed by atoms with Gasteiger partial charge in [-0.3, -0.25) is 5.10 Å². The molecule has 0 aliphatic heterocycles. The molecule has 1 atom stereocenters. The van der Waals surface area contributed by atoms with Crippen LogP contribution in [0, 0.1) is 5.82 Å². The highest BCUT2D eigenvalue weighted by Crippen LogP contribution is 2.22. The number of halogens is 2. The van der Waals surface area contributed by atoms with Crippen LogP contribution in [0.2, 0.25) is 5.02 Å². The molecule has 3 N–H and O–H groups in total. The molecule has 2 aromatic rings. The summed E-state index contributed by atoms with van der Waals surface area (Å²) in [6.45, 7) is 0. The molecule has 78 valence electrons. The van der Waals surface area contributed by atoms with E-state index in [1.54, 1.807) is 18.5 Å². The van der Waals surface area contributed by atoms with E-state index in [0.717, 1.165) is 5.56 Å². The minimum Gasteiger partial charge on any atom is -0.320 e. The highest BCUT2D eigenvalue weighted by molar-refractivity contribution is 6.30. The molecule has 0 radical (unpaired) electrons. The van der Waals surface area contributed by atoms with E-state index in [4.69, 9.17) is 17.3 Å². The number of nitrogens with two attached hydrogens (primary N) is 1. The fourth-order valence-corrected chi connectivity index (χ4v) is 1.45. The molecule has 0 aliphatic carbocycles. The molecule has 1 aromatic carbocycles. The predicted molar refractivity (Wildman–Crippen MR) is 56.0 cm³/mol. The first-order valence-electron chi connectivity index (χ1n) is 4.37. The van der Waals surface area contributed by atoms with E-state index in [2.05, 4.69) is 10.2 Å². The lowest BCUT2D eigenvalue weighted by atomic mass is 10.0. The van der Waals surface area contributed by atoms with Gasteiger partial charge < -0.3 is 5.73 Å². The van der Waals surface area contributed by atoms with Crippen molar-refractivity contribution in [2.24, 2.45) is 5.73 Å². The summed E-state index contributed by atoms with van der Waals surface area (Å²) in [6.07, 6.45) is 3.29. The van der Waals surface area contributed by atoms with Gasteiger partial charge in [0.25, 0.3) is 0 Å². The number of H-pyrrole nitrogens is 1. The lowest BCUT2D eigenvalue weighted by Gasteiger charge is -2.09. The summed E-state index contributed by atoms with van der Waals surface area (Å²) in [5.41, 5.74) is 7.38. The SMILES string of the molecule is N[C@@H](c1cn[nH]c1)c1ccc(Cl)c(F)c1. The van der Waals surface area contributed by atoms with Gasteiger partial charge in [-0.1, -0.05) is 17.7 Å². The fraction of sp³-hybridized carbons (Fsp3) is 0.100. The van der Waals surface area contributed by atoms with Gasteiger partial charge in [0.15, 0.2) is 0 Å². The topological polar surface area (TPSA) is 54.7 Å². The maximum absolute atomic E-state index is 13.2. The molecular weight excluding hydrogens is 217 g/mol. The molecule has 0 saturated carbocycles. The van der Waals surface area contributed by atoms with Crippen molar-refractivity contribution in [3.63, 3.8) is 0 Å². The Morgan fingerprint density at radius 3 is 2.80 bits per heavy atom. The maximum atomic E-state index is 13.2. The molecule has 3 nitrogen and oxygen atoms in total. The van der Waals surface area contributed by atoms with Crippen molar-refractivity contribution in [2.75, 3.05) is 0 Å². The molecule has 15 heavy (non-hydrogen) atoms. The second kappa shape index (κ2) is 4.00. The fourth-order valence-electron chi connectivity index (χ4n) is 1.33. The lowest BCUT2D eigenvalue weighted by Crippen LogP contribution is -2.11. The quantitative estimate of drug-likeness (QED) is 0.824. The normalized spacial score (nSPS) is 12.7. The van der Waals surface area contributed by atoms with E-state index in [0.29, 0.717) is 5.56 Å². The zero-order chi connectivity index (χ0) is 10.8. The molecule has 2 rings (SSSR count). The van der Waals surface area contributed by atoms with Gasteiger partial charge in [-0.15, -0.1) is 0 Å². The summed E-state index contributed by atoms with van der Waals surface area (Å²) in [4.78, 5) is 0. The number of aromatic amines is 1. The summed E-state index contributed by atoms with van der Waals surface area (Å²) in [7, 11) is 0. The van der Waals surface area contributed by atoms with Crippen LogP contribution in [0.5, 0.6) is 0 Å². The third-order valence-electron chi connectivity index (χ3n) is 2.18. The van der Waals surface area contributed by atoms with Crippen LogP contribution in [0.1, 0.15) is 17.2 Å². The van der Waals surface area contributed by atoms with E-state index in [1.165, 1.54) is 12.1 Å².